The molecule has 1 rings (SSSR count). The predicted molar refractivity (Wildman–Crippen MR) is 66.4 cm³/mol. The van der Waals surface area contributed by atoms with Crippen LogP contribution in [0.15, 0.2) is 24.3 Å². The van der Waals surface area contributed by atoms with Gasteiger partial charge in [0, 0.05) is 19.8 Å². The van der Waals surface area contributed by atoms with Crippen LogP contribution < -0.4 is 0 Å². The molecule has 0 aliphatic rings. The van der Waals surface area contributed by atoms with Crippen LogP contribution in [0, 0.1) is 0 Å². The lowest BCUT2D eigenvalue weighted by Crippen LogP contribution is -2.23. The molecule has 2 atom stereocenters. The fourth-order valence-corrected chi connectivity index (χ4v) is 1.84. The lowest BCUT2D eigenvalue weighted by molar-refractivity contribution is -0.141. The molecule has 6 heteroatoms. The van der Waals surface area contributed by atoms with Gasteiger partial charge >= 0.3 is 5.97 Å². The molecule has 1 aromatic carbocycles. The summed E-state index contributed by atoms with van der Waals surface area (Å²) in [5, 5.41) is 28.3. The van der Waals surface area contributed by atoms with Crippen molar-refractivity contribution < 1.29 is 29.6 Å². The summed E-state index contributed by atoms with van der Waals surface area (Å²) in [6.45, 7) is 0. The summed E-state index contributed by atoms with van der Waals surface area (Å²) < 4.78 is 10.2. The number of aliphatic carboxylic acids is 1. The molecule has 19 heavy (non-hydrogen) atoms. The van der Waals surface area contributed by atoms with Gasteiger partial charge in [-0.2, -0.15) is 0 Å². The largest absolute Gasteiger partial charge is 0.481 e. The zero-order valence-corrected chi connectivity index (χ0v) is 10.8. The Labute approximate surface area is 111 Å². The summed E-state index contributed by atoms with van der Waals surface area (Å²) in [7, 11) is 2.90. The zero-order valence-electron chi connectivity index (χ0n) is 10.8. The second kappa shape index (κ2) is 7.20. The molecule has 0 bridgehead atoms. The first-order chi connectivity index (χ1) is 9.01. The number of carboxylic acids is 1. The normalized spacial score (nSPS) is 14.4. The molecule has 0 aliphatic heterocycles. The number of carboxylic acid groups (broad SMARTS) is 1. The van der Waals surface area contributed by atoms with Crippen LogP contribution in [0.4, 0.5) is 0 Å². The standard InChI is InChI=1S/C13H18O6/c1-18-13(19-2)9-6-4-3-5-8(9)12(17)10(14)7-11(15)16/h3-6,10,12-14,17H,7H2,1-2H3,(H,15,16). The highest BCUT2D eigenvalue weighted by molar-refractivity contribution is 5.67. The summed E-state index contributed by atoms with van der Waals surface area (Å²) in [4.78, 5) is 10.6. The molecular formula is C13H18O6. The SMILES string of the molecule is COC(OC)c1ccccc1C(O)C(O)CC(=O)O. The fraction of sp³-hybridized carbons (Fsp3) is 0.462. The predicted octanol–water partition coefficient (Wildman–Crippen LogP) is 0.847. The van der Waals surface area contributed by atoms with Gasteiger partial charge in [-0.05, 0) is 5.56 Å². The van der Waals surface area contributed by atoms with Gasteiger partial charge in [0.15, 0.2) is 6.29 Å². The maximum atomic E-state index is 10.6. The van der Waals surface area contributed by atoms with E-state index < -0.39 is 30.9 Å². The third-order valence-corrected chi connectivity index (χ3v) is 2.74. The van der Waals surface area contributed by atoms with E-state index in [4.69, 9.17) is 14.6 Å². The molecular weight excluding hydrogens is 252 g/mol. The van der Waals surface area contributed by atoms with Crippen LogP contribution >= 0.6 is 0 Å². The molecule has 0 aliphatic carbocycles. The first kappa shape index (κ1) is 15.6. The molecule has 0 fully saturated rings. The van der Waals surface area contributed by atoms with Gasteiger partial charge in [0.25, 0.3) is 0 Å². The van der Waals surface area contributed by atoms with Crippen molar-refractivity contribution >= 4 is 5.97 Å². The minimum Gasteiger partial charge on any atom is -0.481 e. The van der Waals surface area contributed by atoms with Crippen molar-refractivity contribution in [2.75, 3.05) is 14.2 Å². The van der Waals surface area contributed by atoms with Crippen molar-refractivity contribution in [3.05, 3.63) is 35.4 Å². The molecule has 3 N–H and O–H groups in total. The first-order valence-electron chi connectivity index (χ1n) is 5.73. The monoisotopic (exact) mass is 270 g/mol. The van der Waals surface area contributed by atoms with Gasteiger partial charge in [-0.15, -0.1) is 0 Å². The van der Waals surface area contributed by atoms with Crippen molar-refractivity contribution in [2.45, 2.75) is 24.9 Å². The van der Waals surface area contributed by atoms with E-state index in [2.05, 4.69) is 0 Å². The third kappa shape index (κ3) is 4.00. The van der Waals surface area contributed by atoms with E-state index in [0.717, 1.165) is 0 Å². The highest BCUT2D eigenvalue weighted by Gasteiger charge is 2.25. The average molecular weight is 270 g/mol. The Hall–Kier alpha value is -1.47. The fourth-order valence-electron chi connectivity index (χ4n) is 1.84. The van der Waals surface area contributed by atoms with Crippen molar-refractivity contribution in [2.24, 2.45) is 0 Å². The van der Waals surface area contributed by atoms with Crippen molar-refractivity contribution in [3.63, 3.8) is 0 Å². The highest BCUT2D eigenvalue weighted by atomic mass is 16.7. The minimum atomic E-state index is -1.40. The van der Waals surface area contributed by atoms with Crippen LogP contribution in [0.5, 0.6) is 0 Å². The Morgan fingerprint density at radius 2 is 1.68 bits per heavy atom. The molecule has 0 spiro atoms. The van der Waals surface area contributed by atoms with Crippen LogP contribution in [0.25, 0.3) is 0 Å². The number of hydrogen-bond acceptors (Lipinski definition) is 5. The number of hydrogen-bond donors (Lipinski definition) is 3. The lowest BCUT2D eigenvalue weighted by Gasteiger charge is -2.23. The maximum absolute atomic E-state index is 10.6. The van der Waals surface area contributed by atoms with Gasteiger partial charge in [-0.3, -0.25) is 4.79 Å². The van der Waals surface area contributed by atoms with E-state index in [-0.39, 0.29) is 0 Å². The number of aliphatic hydroxyl groups is 2. The summed E-state index contributed by atoms with van der Waals surface area (Å²) in [6, 6.07) is 6.69. The topological polar surface area (TPSA) is 96.2 Å². The number of aliphatic hydroxyl groups excluding tert-OH is 2. The Morgan fingerprint density at radius 1 is 1.16 bits per heavy atom. The summed E-state index contributed by atoms with van der Waals surface area (Å²) >= 11 is 0. The Bertz CT molecular complexity index is 415. The Kier molecular flexibility index (Phi) is 5.91. The van der Waals surface area contributed by atoms with E-state index in [0.29, 0.717) is 11.1 Å². The van der Waals surface area contributed by atoms with Gasteiger partial charge in [-0.1, -0.05) is 24.3 Å². The molecule has 0 saturated heterocycles. The van der Waals surface area contributed by atoms with Gasteiger partial charge < -0.3 is 24.8 Å². The second-order valence-electron chi connectivity index (χ2n) is 4.04. The van der Waals surface area contributed by atoms with E-state index >= 15 is 0 Å². The second-order valence-corrected chi connectivity index (χ2v) is 4.04. The van der Waals surface area contributed by atoms with Gasteiger partial charge in [0.05, 0.1) is 12.5 Å². The van der Waals surface area contributed by atoms with Crippen LogP contribution in [0.1, 0.15) is 29.9 Å². The molecule has 106 valence electrons. The zero-order chi connectivity index (χ0) is 14.4. The maximum Gasteiger partial charge on any atom is 0.306 e. The Balaban J connectivity index is 3.02. The van der Waals surface area contributed by atoms with Gasteiger partial charge in [-0.25, -0.2) is 0 Å². The summed E-state index contributed by atoms with van der Waals surface area (Å²) in [6.07, 6.45) is -3.95. The van der Waals surface area contributed by atoms with Crippen LogP contribution in [0.3, 0.4) is 0 Å². The number of methoxy groups -OCH3 is 2. The Morgan fingerprint density at radius 3 is 2.16 bits per heavy atom. The van der Waals surface area contributed by atoms with Gasteiger partial charge in [0.1, 0.15) is 6.10 Å². The van der Waals surface area contributed by atoms with Crippen molar-refractivity contribution in [1.29, 1.82) is 0 Å². The van der Waals surface area contributed by atoms with E-state index in [1.54, 1.807) is 24.3 Å². The number of ether oxygens (including phenoxy) is 2. The molecule has 0 heterocycles. The number of carbonyl (C=O) groups is 1. The van der Waals surface area contributed by atoms with Crippen molar-refractivity contribution in [1.82, 2.24) is 0 Å². The summed E-state index contributed by atoms with van der Waals surface area (Å²) in [5.41, 5.74) is 0.925. The molecule has 6 nitrogen and oxygen atoms in total. The third-order valence-electron chi connectivity index (χ3n) is 2.74. The average Bonchev–Trinajstić information content (AvgIpc) is 2.39. The summed E-state index contributed by atoms with van der Waals surface area (Å²) in [5.74, 6) is -1.18. The van der Waals surface area contributed by atoms with Crippen molar-refractivity contribution in [3.8, 4) is 0 Å². The van der Waals surface area contributed by atoms with Gasteiger partial charge in [0.2, 0.25) is 0 Å². The van der Waals surface area contributed by atoms with E-state index in [9.17, 15) is 15.0 Å². The number of rotatable bonds is 7. The van der Waals surface area contributed by atoms with Crippen LogP contribution in [0.2, 0.25) is 0 Å². The van der Waals surface area contributed by atoms with E-state index in [1.165, 1.54) is 14.2 Å². The van der Waals surface area contributed by atoms with E-state index in [1.807, 2.05) is 0 Å². The minimum absolute atomic E-state index is 0.380. The van der Waals surface area contributed by atoms with Crippen LogP contribution in [-0.4, -0.2) is 41.6 Å². The highest BCUT2D eigenvalue weighted by Crippen LogP contribution is 2.28. The smallest absolute Gasteiger partial charge is 0.306 e. The molecule has 2 unspecified atom stereocenters. The molecule has 0 aromatic heterocycles. The number of benzene rings is 1. The first-order valence-corrected chi connectivity index (χ1v) is 5.73. The molecule has 0 amide bonds. The van der Waals surface area contributed by atoms with Crippen LogP contribution in [-0.2, 0) is 14.3 Å². The molecule has 1 aromatic rings. The quantitative estimate of drug-likeness (QED) is 0.636. The molecule has 0 radical (unpaired) electrons. The lowest BCUT2D eigenvalue weighted by atomic mass is 9.96. The molecule has 0 saturated carbocycles.